The summed E-state index contributed by atoms with van der Waals surface area (Å²) in [5.74, 6) is 0.549. The van der Waals surface area contributed by atoms with E-state index in [1.807, 2.05) is 0 Å². The van der Waals surface area contributed by atoms with Crippen molar-refractivity contribution in [2.75, 3.05) is 31.5 Å². The summed E-state index contributed by atoms with van der Waals surface area (Å²) in [5.41, 5.74) is -0.0360. The van der Waals surface area contributed by atoms with Gasteiger partial charge in [-0.3, -0.25) is 0 Å². The van der Waals surface area contributed by atoms with Crippen LogP contribution in [0, 0.1) is 5.92 Å². The zero-order chi connectivity index (χ0) is 15.3. The maximum Gasteiger partial charge on any atom is 0.416 e. The first-order valence-electron chi connectivity index (χ1n) is 7.62. The molecule has 1 aromatic carbocycles. The Hall–Kier alpha value is -1.23. The molecular formula is C16H23F3N2. The van der Waals surface area contributed by atoms with Crippen molar-refractivity contribution in [2.45, 2.75) is 32.4 Å². The normalized spacial score (nSPS) is 17.9. The number of hydrogen-bond acceptors (Lipinski definition) is 2. The zero-order valence-electron chi connectivity index (χ0n) is 12.4. The van der Waals surface area contributed by atoms with E-state index in [1.54, 1.807) is 6.07 Å². The van der Waals surface area contributed by atoms with Gasteiger partial charge in [-0.15, -0.1) is 0 Å². The van der Waals surface area contributed by atoms with Crippen LogP contribution >= 0.6 is 0 Å². The van der Waals surface area contributed by atoms with Gasteiger partial charge in [0.1, 0.15) is 0 Å². The summed E-state index contributed by atoms with van der Waals surface area (Å²) in [4.78, 5) is 2.46. The number of alkyl halides is 3. The number of anilines is 1. The predicted octanol–water partition coefficient (Wildman–Crippen LogP) is 4.24. The molecule has 0 bridgehead atoms. The zero-order valence-corrected chi connectivity index (χ0v) is 12.4. The number of piperidine rings is 1. The van der Waals surface area contributed by atoms with Crippen LogP contribution in [-0.2, 0) is 6.18 Å². The summed E-state index contributed by atoms with van der Waals surface area (Å²) in [7, 11) is 0. The lowest BCUT2D eigenvalue weighted by Gasteiger charge is -2.31. The molecule has 0 saturated carbocycles. The highest BCUT2D eigenvalue weighted by Gasteiger charge is 2.30. The van der Waals surface area contributed by atoms with Crippen LogP contribution in [0.25, 0.3) is 0 Å². The minimum atomic E-state index is -4.27. The van der Waals surface area contributed by atoms with E-state index in [-0.39, 0.29) is 0 Å². The molecule has 0 unspecified atom stereocenters. The van der Waals surface area contributed by atoms with Gasteiger partial charge < -0.3 is 10.2 Å². The van der Waals surface area contributed by atoms with E-state index >= 15 is 0 Å². The van der Waals surface area contributed by atoms with Crippen molar-refractivity contribution in [3.05, 3.63) is 29.8 Å². The smallest absolute Gasteiger partial charge is 0.385 e. The standard InChI is InChI=1S/C16H23F3N2/c1-2-8-21-9-6-13(7-10-21)12-20-15-5-3-4-14(11-15)16(17,18)19/h3-5,11,13,20H,2,6-10,12H2,1H3. The molecular weight excluding hydrogens is 277 g/mol. The van der Waals surface area contributed by atoms with Gasteiger partial charge in [0.2, 0.25) is 0 Å². The summed E-state index contributed by atoms with van der Waals surface area (Å²) in [6.45, 7) is 6.28. The van der Waals surface area contributed by atoms with Crippen molar-refractivity contribution in [3.8, 4) is 0 Å². The van der Waals surface area contributed by atoms with Crippen LogP contribution in [0.2, 0.25) is 0 Å². The van der Waals surface area contributed by atoms with Gasteiger partial charge in [-0.1, -0.05) is 13.0 Å². The Morgan fingerprint density at radius 1 is 1.24 bits per heavy atom. The molecule has 0 aromatic heterocycles. The van der Waals surface area contributed by atoms with Crippen molar-refractivity contribution in [1.82, 2.24) is 4.90 Å². The molecule has 2 rings (SSSR count). The lowest BCUT2D eigenvalue weighted by Crippen LogP contribution is -2.36. The van der Waals surface area contributed by atoms with E-state index in [0.717, 1.165) is 45.1 Å². The van der Waals surface area contributed by atoms with E-state index in [1.165, 1.54) is 18.6 Å². The molecule has 0 radical (unpaired) electrons. The minimum absolute atomic E-state index is 0.549. The van der Waals surface area contributed by atoms with Gasteiger partial charge in [0.05, 0.1) is 5.56 Å². The first kappa shape index (κ1) is 16.1. The molecule has 1 N–H and O–H groups in total. The molecule has 0 amide bonds. The van der Waals surface area contributed by atoms with E-state index in [2.05, 4.69) is 17.1 Å². The molecule has 1 fully saturated rings. The number of hydrogen-bond donors (Lipinski definition) is 1. The van der Waals surface area contributed by atoms with Crippen LogP contribution in [0.15, 0.2) is 24.3 Å². The molecule has 0 aliphatic carbocycles. The van der Waals surface area contributed by atoms with Gasteiger partial charge in [0, 0.05) is 12.2 Å². The average molecular weight is 300 g/mol. The Labute approximate surface area is 124 Å². The topological polar surface area (TPSA) is 15.3 Å². The lowest BCUT2D eigenvalue weighted by atomic mass is 9.96. The van der Waals surface area contributed by atoms with Gasteiger partial charge >= 0.3 is 6.18 Å². The van der Waals surface area contributed by atoms with Gasteiger partial charge in [0.25, 0.3) is 0 Å². The van der Waals surface area contributed by atoms with Crippen molar-refractivity contribution < 1.29 is 13.2 Å². The summed E-state index contributed by atoms with van der Waals surface area (Å²) in [6, 6.07) is 5.44. The second-order valence-corrected chi connectivity index (χ2v) is 5.74. The van der Waals surface area contributed by atoms with Crippen molar-refractivity contribution >= 4 is 5.69 Å². The Balaban J connectivity index is 1.81. The summed E-state index contributed by atoms with van der Waals surface area (Å²) in [5, 5.41) is 3.16. The average Bonchev–Trinajstić information content (AvgIpc) is 2.46. The first-order valence-corrected chi connectivity index (χ1v) is 7.62. The third kappa shape index (κ3) is 4.92. The van der Waals surface area contributed by atoms with Gasteiger partial charge in [0.15, 0.2) is 0 Å². The fourth-order valence-corrected chi connectivity index (χ4v) is 2.80. The molecule has 1 saturated heterocycles. The van der Waals surface area contributed by atoms with Crippen molar-refractivity contribution in [3.63, 3.8) is 0 Å². The number of nitrogens with zero attached hydrogens (tertiary/aromatic N) is 1. The SMILES string of the molecule is CCCN1CCC(CNc2cccc(C(F)(F)F)c2)CC1. The summed E-state index contributed by atoms with van der Waals surface area (Å²) >= 11 is 0. The number of rotatable bonds is 5. The highest BCUT2D eigenvalue weighted by Crippen LogP contribution is 2.30. The van der Waals surface area contributed by atoms with E-state index in [0.29, 0.717) is 11.6 Å². The van der Waals surface area contributed by atoms with Crippen LogP contribution in [0.4, 0.5) is 18.9 Å². The van der Waals surface area contributed by atoms with Crippen LogP contribution in [0.3, 0.4) is 0 Å². The Morgan fingerprint density at radius 3 is 2.57 bits per heavy atom. The highest BCUT2D eigenvalue weighted by molar-refractivity contribution is 5.46. The summed E-state index contributed by atoms with van der Waals surface area (Å²) < 4.78 is 37.9. The third-order valence-electron chi connectivity index (χ3n) is 4.03. The fraction of sp³-hybridized carbons (Fsp3) is 0.625. The molecule has 0 atom stereocenters. The molecule has 118 valence electrons. The molecule has 1 heterocycles. The largest absolute Gasteiger partial charge is 0.416 e. The number of nitrogens with one attached hydrogen (secondary N) is 1. The maximum atomic E-state index is 12.6. The molecule has 1 aliphatic heterocycles. The second kappa shape index (κ2) is 7.16. The highest BCUT2D eigenvalue weighted by atomic mass is 19.4. The number of halogens is 3. The Bertz CT molecular complexity index is 437. The second-order valence-electron chi connectivity index (χ2n) is 5.74. The molecule has 0 spiro atoms. The minimum Gasteiger partial charge on any atom is -0.385 e. The first-order chi connectivity index (χ1) is 9.99. The fourth-order valence-electron chi connectivity index (χ4n) is 2.80. The summed E-state index contributed by atoms with van der Waals surface area (Å²) in [6.07, 6.45) is -0.867. The number of likely N-dealkylation sites (tertiary alicyclic amines) is 1. The molecule has 1 aromatic rings. The lowest BCUT2D eigenvalue weighted by molar-refractivity contribution is -0.137. The van der Waals surface area contributed by atoms with Crippen molar-refractivity contribution in [1.29, 1.82) is 0 Å². The Kier molecular flexibility index (Phi) is 5.51. The molecule has 1 aliphatic rings. The van der Waals surface area contributed by atoms with Crippen LogP contribution < -0.4 is 5.32 Å². The molecule has 2 nitrogen and oxygen atoms in total. The van der Waals surface area contributed by atoms with Crippen LogP contribution in [-0.4, -0.2) is 31.1 Å². The van der Waals surface area contributed by atoms with E-state index < -0.39 is 11.7 Å². The van der Waals surface area contributed by atoms with Crippen LogP contribution in [0.1, 0.15) is 31.7 Å². The van der Waals surface area contributed by atoms with Gasteiger partial charge in [-0.2, -0.15) is 13.2 Å². The molecule has 5 heteroatoms. The monoisotopic (exact) mass is 300 g/mol. The van der Waals surface area contributed by atoms with Crippen molar-refractivity contribution in [2.24, 2.45) is 5.92 Å². The quantitative estimate of drug-likeness (QED) is 0.875. The molecule has 21 heavy (non-hydrogen) atoms. The van der Waals surface area contributed by atoms with Crippen LogP contribution in [0.5, 0.6) is 0 Å². The maximum absolute atomic E-state index is 12.6. The third-order valence-corrected chi connectivity index (χ3v) is 4.03. The predicted molar refractivity (Wildman–Crippen MR) is 79.4 cm³/mol. The Morgan fingerprint density at radius 2 is 1.95 bits per heavy atom. The van der Waals surface area contributed by atoms with Gasteiger partial charge in [-0.25, -0.2) is 0 Å². The van der Waals surface area contributed by atoms with E-state index in [9.17, 15) is 13.2 Å². The van der Waals surface area contributed by atoms with Gasteiger partial charge in [-0.05, 0) is 63.0 Å². The van der Waals surface area contributed by atoms with E-state index in [4.69, 9.17) is 0 Å². The number of benzene rings is 1.